The molecule has 1 aromatic carbocycles. The Hall–Kier alpha value is -3.16. The lowest BCUT2D eigenvalue weighted by atomic mass is 10.1. The highest BCUT2D eigenvalue weighted by Gasteiger charge is 2.22. The average Bonchev–Trinajstić information content (AvgIpc) is 2.93. The summed E-state index contributed by atoms with van der Waals surface area (Å²) < 4.78 is 0. The van der Waals surface area contributed by atoms with Gasteiger partial charge in [0.05, 0.1) is 16.6 Å². The Labute approximate surface area is 131 Å². The quantitative estimate of drug-likeness (QED) is 0.501. The van der Waals surface area contributed by atoms with E-state index in [2.05, 4.69) is 20.5 Å². The van der Waals surface area contributed by atoms with Gasteiger partial charge in [0, 0.05) is 16.8 Å². The number of nitrogen functional groups attached to an aromatic ring is 1. The molecule has 0 spiro atoms. The van der Waals surface area contributed by atoms with E-state index in [0.717, 1.165) is 10.9 Å². The third kappa shape index (κ3) is 2.78. The number of nitrogens with one attached hydrogen (secondary N) is 2. The summed E-state index contributed by atoms with van der Waals surface area (Å²) in [6, 6.07) is 7.02. The van der Waals surface area contributed by atoms with E-state index in [4.69, 9.17) is 5.73 Å². The van der Waals surface area contributed by atoms with Crippen molar-refractivity contribution in [3.8, 4) is 0 Å². The number of nitrogens with two attached hydrogens (primary N) is 1. The van der Waals surface area contributed by atoms with Crippen LogP contribution in [-0.2, 0) is 0 Å². The van der Waals surface area contributed by atoms with Gasteiger partial charge in [-0.25, -0.2) is 4.98 Å². The van der Waals surface area contributed by atoms with Gasteiger partial charge >= 0.3 is 5.69 Å². The van der Waals surface area contributed by atoms with Crippen LogP contribution in [0.4, 0.5) is 22.9 Å². The number of hydrogen-bond donors (Lipinski definition) is 3. The molecule has 23 heavy (non-hydrogen) atoms. The molecule has 4 N–H and O–H groups in total. The monoisotopic (exact) mass is 312 g/mol. The first-order valence-electron chi connectivity index (χ1n) is 7.10. The fraction of sp³-hybridized carbons (Fsp3) is 0.200. The van der Waals surface area contributed by atoms with Crippen molar-refractivity contribution in [1.29, 1.82) is 0 Å². The topological polar surface area (TPSA) is 123 Å². The third-order valence-corrected chi connectivity index (χ3v) is 3.52. The van der Waals surface area contributed by atoms with Crippen molar-refractivity contribution in [3.05, 3.63) is 46.3 Å². The van der Waals surface area contributed by atoms with E-state index in [1.54, 1.807) is 18.3 Å². The van der Waals surface area contributed by atoms with E-state index in [9.17, 15) is 10.1 Å². The second-order valence-corrected chi connectivity index (χ2v) is 5.54. The molecule has 8 heteroatoms. The maximum atomic E-state index is 11.3. The van der Waals surface area contributed by atoms with Gasteiger partial charge in [-0.05, 0) is 30.2 Å². The smallest absolute Gasteiger partial charge is 0.334 e. The lowest BCUT2D eigenvalue weighted by molar-refractivity contribution is -0.383. The molecule has 0 aliphatic heterocycles. The lowest BCUT2D eigenvalue weighted by Gasteiger charge is -2.12. The summed E-state index contributed by atoms with van der Waals surface area (Å²) in [4.78, 5) is 15.2. The number of benzene rings is 1. The number of hydrogen-bond acceptors (Lipinski definition) is 6. The number of rotatable bonds is 4. The number of pyridine rings is 1. The van der Waals surface area contributed by atoms with Crippen molar-refractivity contribution in [2.24, 2.45) is 0 Å². The van der Waals surface area contributed by atoms with Gasteiger partial charge in [0.2, 0.25) is 5.82 Å². The maximum Gasteiger partial charge on any atom is 0.334 e. The molecule has 0 radical (unpaired) electrons. The Balaban J connectivity index is 2.07. The molecule has 0 fully saturated rings. The number of anilines is 3. The molecule has 0 bridgehead atoms. The largest absolute Gasteiger partial charge is 0.393 e. The van der Waals surface area contributed by atoms with Crippen molar-refractivity contribution in [2.45, 2.75) is 19.8 Å². The van der Waals surface area contributed by atoms with Gasteiger partial charge < -0.3 is 11.1 Å². The summed E-state index contributed by atoms with van der Waals surface area (Å²) in [5.74, 6) is 0.247. The van der Waals surface area contributed by atoms with E-state index in [0.29, 0.717) is 11.4 Å². The summed E-state index contributed by atoms with van der Waals surface area (Å²) in [7, 11) is 0. The van der Waals surface area contributed by atoms with E-state index < -0.39 is 4.92 Å². The Morgan fingerprint density at radius 1 is 1.35 bits per heavy atom. The summed E-state index contributed by atoms with van der Waals surface area (Å²) in [5.41, 5.74) is 7.98. The SMILES string of the molecule is CC(C)c1cc(N)c([N+](=O)[O-])c(Nc2ccc3[nH]ncc3c2)n1. The van der Waals surface area contributed by atoms with E-state index in [-0.39, 0.29) is 23.1 Å². The highest BCUT2D eigenvalue weighted by molar-refractivity contribution is 5.84. The van der Waals surface area contributed by atoms with Gasteiger partial charge in [-0.15, -0.1) is 0 Å². The second-order valence-electron chi connectivity index (χ2n) is 5.54. The molecule has 0 atom stereocenters. The molecular weight excluding hydrogens is 296 g/mol. The summed E-state index contributed by atoms with van der Waals surface area (Å²) in [5, 5.41) is 22.0. The molecule has 118 valence electrons. The first-order chi connectivity index (χ1) is 11.0. The van der Waals surface area contributed by atoms with Crippen LogP contribution in [0, 0.1) is 10.1 Å². The summed E-state index contributed by atoms with van der Waals surface area (Å²) in [6.07, 6.45) is 1.68. The van der Waals surface area contributed by atoms with Crippen LogP contribution < -0.4 is 11.1 Å². The van der Waals surface area contributed by atoms with Crippen LogP contribution >= 0.6 is 0 Å². The molecule has 0 unspecified atom stereocenters. The van der Waals surface area contributed by atoms with Gasteiger partial charge in [-0.1, -0.05) is 13.8 Å². The molecule has 2 aromatic heterocycles. The molecule has 8 nitrogen and oxygen atoms in total. The highest BCUT2D eigenvalue weighted by Crippen LogP contribution is 2.34. The standard InChI is InChI=1S/C15H16N6O2/c1-8(2)13-6-11(16)14(21(22)23)15(19-13)18-10-3-4-12-9(5-10)7-17-20-12/h3-8H,1-2H3,(H,17,20)(H3,16,18,19). The number of aromatic amines is 1. The first-order valence-corrected chi connectivity index (χ1v) is 7.10. The number of H-pyrrole nitrogens is 1. The Kier molecular flexibility index (Phi) is 3.57. The molecular formula is C15H16N6O2. The minimum absolute atomic E-state index is 0.0978. The molecule has 3 aromatic rings. The number of aromatic nitrogens is 3. The van der Waals surface area contributed by atoms with Gasteiger partial charge in [0.1, 0.15) is 5.69 Å². The highest BCUT2D eigenvalue weighted by atomic mass is 16.6. The van der Waals surface area contributed by atoms with E-state index in [1.807, 2.05) is 26.0 Å². The van der Waals surface area contributed by atoms with Gasteiger partial charge in [0.25, 0.3) is 0 Å². The fourth-order valence-corrected chi connectivity index (χ4v) is 2.31. The van der Waals surface area contributed by atoms with Crippen LogP contribution in [0.5, 0.6) is 0 Å². The fourth-order valence-electron chi connectivity index (χ4n) is 2.31. The zero-order valence-electron chi connectivity index (χ0n) is 12.7. The van der Waals surface area contributed by atoms with Crippen LogP contribution in [0.25, 0.3) is 10.9 Å². The van der Waals surface area contributed by atoms with Crippen LogP contribution in [0.2, 0.25) is 0 Å². The third-order valence-electron chi connectivity index (χ3n) is 3.52. The van der Waals surface area contributed by atoms with Crippen molar-refractivity contribution >= 4 is 33.8 Å². The minimum atomic E-state index is -0.523. The Morgan fingerprint density at radius 3 is 2.83 bits per heavy atom. The normalized spacial score (nSPS) is 11.1. The number of nitro groups is 1. The van der Waals surface area contributed by atoms with Crippen LogP contribution in [-0.4, -0.2) is 20.1 Å². The Morgan fingerprint density at radius 2 is 2.13 bits per heavy atom. The zero-order valence-corrected chi connectivity index (χ0v) is 12.7. The van der Waals surface area contributed by atoms with Crippen LogP contribution in [0.1, 0.15) is 25.5 Å². The van der Waals surface area contributed by atoms with Crippen molar-refractivity contribution in [3.63, 3.8) is 0 Å². The summed E-state index contributed by atoms with van der Waals surface area (Å²) >= 11 is 0. The molecule has 0 aliphatic carbocycles. The van der Waals surface area contributed by atoms with Crippen LogP contribution in [0.3, 0.4) is 0 Å². The second kappa shape index (κ2) is 5.56. The molecule has 3 rings (SSSR count). The van der Waals surface area contributed by atoms with E-state index >= 15 is 0 Å². The predicted molar refractivity (Wildman–Crippen MR) is 88.8 cm³/mol. The van der Waals surface area contributed by atoms with Gasteiger partial charge in [-0.2, -0.15) is 5.10 Å². The van der Waals surface area contributed by atoms with Gasteiger partial charge in [-0.3, -0.25) is 15.2 Å². The Bertz CT molecular complexity index is 887. The van der Waals surface area contributed by atoms with Gasteiger partial charge in [0.15, 0.2) is 0 Å². The molecule has 0 saturated heterocycles. The molecule has 0 aliphatic rings. The van der Waals surface area contributed by atoms with Crippen molar-refractivity contribution in [1.82, 2.24) is 15.2 Å². The average molecular weight is 312 g/mol. The molecule has 0 saturated carbocycles. The van der Waals surface area contributed by atoms with Crippen molar-refractivity contribution in [2.75, 3.05) is 11.1 Å². The predicted octanol–water partition coefficient (Wildman–Crippen LogP) is 3.32. The maximum absolute atomic E-state index is 11.3. The molecule has 0 amide bonds. The van der Waals surface area contributed by atoms with Crippen molar-refractivity contribution < 1.29 is 4.92 Å². The van der Waals surface area contributed by atoms with E-state index in [1.165, 1.54) is 0 Å². The lowest BCUT2D eigenvalue weighted by Crippen LogP contribution is -2.06. The first kappa shape index (κ1) is 14.8. The zero-order chi connectivity index (χ0) is 16.6. The number of fused-ring (bicyclic) bond motifs is 1. The summed E-state index contributed by atoms with van der Waals surface area (Å²) in [6.45, 7) is 3.91. The van der Waals surface area contributed by atoms with Crippen LogP contribution in [0.15, 0.2) is 30.5 Å². The number of nitrogens with zero attached hydrogens (tertiary/aromatic N) is 3. The molecule has 2 heterocycles. The minimum Gasteiger partial charge on any atom is -0.393 e.